The lowest BCUT2D eigenvalue weighted by molar-refractivity contribution is 0.188. The average molecular weight is 279 g/mol. The van der Waals surface area contributed by atoms with Crippen LogP contribution in [0.3, 0.4) is 0 Å². The molecule has 0 aliphatic heterocycles. The smallest absolute Gasteiger partial charge is 0.243 e. The molecule has 0 amide bonds. The first-order valence-electron chi connectivity index (χ1n) is 6.46. The largest absolute Gasteiger partial charge is 0.385 e. The molecule has 1 aromatic carbocycles. The fourth-order valence-corrected chi connectivity index (χ4v) is 1.86. The Hall–Kier alpha value is -1.79. The Morgan fingerprint density at radius 1 is 1.45 bits per heavy atom. The quantitative estimate of drug-likeness (QED) is 0.823. The number of ether oxygens (including phenoxy) is 1. The van der Waals surface area contributed by atoms with Gasteiger partial charge in [-0.25, -0.2) is 4.39 Å². The van der Waals surface area contributed by atoms with Gasteiger partial charge in [0.25, 0.3) is 0 Å². The van der Waals surface area contributed by atoms with Crippen LogP contribution < -0.4 is 5.73 Å². The molecular formula is C14H18FN3O2. The number of hydrogen-bond acceptors (Lipinski definition) is 5. The topological polar surface area (TPSA) is 74.2 Å². The third-order valence-corrected chi connectivity index (χ3v) is 3.04. The van der Waals surface area contributed by atoms with Crippen molar-refractivity contribution in [3.63, 3.8) is 0 Å². The van der Waals surface area contributed by atoms with Crippen molar-refractivity contribution in [2.24, 2.45) is 5.73 Å². The lowest BCUT2D eigenvalue weighted by Crippen LogP contribution is -2.11. The molecule has 0 bridgehead atoms. The van der Waals surface area contributed by atoms with Crippen molar-refractivity contribution < 1.29 is 13.7 Å². The number of benzene rings is 1. The maximum atomic E-state index is 13.2. The Balaban J connectivity index is 2.09. The van der Waals surface area contributed by atoms with E-state index in [1.54, 1.807) is 26.2 Å². The van der Waals surface area contributed by atoms with E-state index in [2.05, 4.69) is 10.1 Å². The molecule has 20 heavy (non-hydrogen) atoms. The zero-order valence-corrected chi connectivity index (χ0v) is 11.6. The van der Waals surface area contributed by atoms with Gasteiger partial charge in [0.1, 0.15) is 5.82 Å². The van der Waals surface area contributed by atoms with E-state index in [9.17, 15) is 4.39 Å². The first-order valence-corrected chi connectivity index (χ1v) is 6.46. The maximum Gasteiger partial charge on any atom is 0.243 e. The van der Waals surface area contributed by atoms with Crippen LogP contribution in [0.15, 0.2) is 22.7 Å². The Kier molecular flexibility index (Phi) is 4.81. The molecular weight excluding hydrogens is 261 g/mol. The molecule has 0 saturated carbocycles. The summed E-state index contributed by atoms with van der Waals surface area (Å²) in [6.07, 6.45) is 1.53. The Morgan fingerprint density at radius 2 is 2.25 bits per heavy atom. The second-order valence-corrected chi connectivity index (χ2v) is 4.66. The van der Waals surface area contributed by atoms with Gasteiger partial charge >= 0.3 is 0 Å². The molecule has 0 fully saturated rings. The van der Waals surface area contributed by atoms with Gasteiger partial charge in [-0.1, -0.05) is 5.16 Å². The molecule has 1 unspecified atom stereocenters. The van der Waals surface area contributed by atoms with E-state index in [-0.39, 0.29) is 11.9 Å². The molecule has 6 heteroatoms. The van der Waals surface area contributed by atoms with Crippen molar-refractivity contribution in [1.82, 2.24) is 10.1 Å². The van der Waals surface area contributed by atoms with E-state index in [0.717, 1.165) is 6.42 Å². The number of nitrogens with zero attached hydrogens (tertiary/aromatic N) is 2. The van der Waals surface area contributed by atoms with E-state index in [1.165, 1.54) is 6.07 Å². The summed E-state index contributed by atoms with van der Waals surface area (Å²) in [6.45, 7) is 2.34. The second kappa shape index (κ2) is 6.58. The summed E-state index contributed by atoms with van der Waals surface area (Å²) < 4.78 is 23.4. The van der Waals surface area contributed by atoms with Gasteiger partial charge in [0.2, 0.25) is 11.7 Å². The summed E-state index contributed by atoms with van der Waals surface area (Å²) in [7, 11) is 1.65. The van der Waals surface area contributed by atoms with Crippen LogP contribution in [0.5, 0.6) is 0 Å². The second-order valence-electron chi connectivity index (χ2n) is 4.66. The van der Waals surface area contributed by atoms with E-state index >= 15 is 0 Å². The third-order valence-electron chi connectivity index (χ3n) is 3.04. The van der Waals surface area contributed by atoms with Crippen molar-refractivity contribution in [1.29, 1.82) is 0 Å². The minimum absolute atomic E-state index is 0.256. The van der Waals surface area contributed by atoms with Crippen molar-refractivity contribution >= 4 is 0 Å². The molecule has 2 aromatic rings. The maximum absolute atomic E-state index is 13.2. The highest BCUT2D eigenvalue weighted by Gasteiger charge is 2.15. The average Bonchev–Trinajstić information content (AvgIpc) is 2.92. The summed E-state index contributed by atoms with van der Waals surface area (Å²) in [5.41, 5.74) is 7.22. The zero-order chi connectivity index (χ0) is 14.5. The molecule has 1 atom stereocenters. The minimum atomic E-state index is -0.312. The normalized spacial score (nSPS) is 12.6. The Labute approximate surface area is 116 Å². The van der Waals surface area contributed by atoms with Gasteiger partial charge in [-0.2, -0.15) is 4.98 Å². The molecule has 1 heterocycles. The van der Waals surface area contributed by atoms with Gasteiger partial charge in [-0.3, -0.25) is 0 Å². The molecule has 0 saturated heterocycles. The van der Waals surface area contributed by atoms with Crippen LogP contribution >= 0.6 is 0 Å². The summed E-state index contributed by atoms with van der Waals surface area (Å²) in [6, 6.07) is 4.38. The molecule has 5 nitrogen and oxygen atoms in total. The third kappa shape index (κ3) is 3.40. The van der Waals surface area contributed by atoms with Crippen molar-refractivity contribution in [2.75, 3.05) is 13.7 Å². The summed E-state index contributed by atoms with van der Waals surface area (Å²) in [5.74, 6) is 0.553. The van der Waals surface area contributed by atoms with E-state index in [0.29, 0.717) is 35.9 Å². The predicted octanol–water partition coefficient (Wildman–Crippen LogP) is 2.61. The number of methoxy groups -OCH3 is 1. The van der Waals surface area contributed by atoms with Crippen molar-refractivity contribution in [3.05, 3.63) is 35.5 Å². The molecule has 0 aliphatic rings. The molecule has 2 N–H and O–H groups in total. The standard InChI is InChI=1S/C14H18FN3O2/c1-9-8-10(5-6-11(9)15)13-17-14(20-18-13)12(16)4-3-7-19-2/h5-6,8,12H,3-4,7,16H2,1-2H3. The zero-order valence-electron chi connectivity index (χ0n) is 11.6. The highest BCUT2D eigenvalue weighted by molar-refractivity contribution is 5.55. The van der Waals surface area contributed by atoms with Crippen molar-refractivity contribution in [3.8, 4) is 11.4 Å². The van der Waals surface area contributed by atoms with Crippen LogP contribution in [0.2, 0.25) is 0 Å². The van der Waals surface area contributed by atoms with E-state index in [1.807, 2.05) is 0 Å². The number of nitrogens with two attached hydrogens (primary N) is 1. The summed E-state index contributed by atoms with van der Waals surface area (Å²) >= 11 is 0. The van der Waals surface area contributed by atoms with Crippen LogP contribution in [0, 0.1) is 12.7 Å². The number of halogens is 1. The Bertz CT molecular complexity index is 571. The SMILES string of the molecule is COCCCC(N)c1nc(-c2ccc(F)c(C)c2)no1. The van der Waals surface area contributed by atoms with Gasteiger partial charge in [-0.15, -0.1) is 0 Å². The minimum Gasteiger partial charge on any atom is -0.385 e. The number of aryl methyl sites for hydroxylation is 1. The fourth-order valence-electron chi connectivity index (χ4n) is 1.86. The molecule has 108 valence electrons. The number of rotatable bonds is 6. The molecule has 2 rings (SSSR count). The molecule has 0 aliphatic carbocycles. The van der Waals surface area contributed by atoms with Crippen LogP contribution in [-0.4, -0.2) is 23.9 Å². The fraction of sp³-hybridized carbons (Fsp3) is 0.429. The Morgan fingerprint density at radius 3 is 2.95 bits per heavy atom. The van der Waals surface area contributed by atoms with Crippen LogP contribution in [0.1, 0.15) is 30.3 Å². The van der Waals surface area contributed by atoms with Crippen LogP contribution in [0.4, 0.5) is 4.39 Å². The summed E-state index contributed by atoms with van der Waals surface area (Å²) in [4.78, 5) is 4.26. The van der Waals surface area contributed by atoms with Gasteiger partial charge in [-0.05, 0) is 43.5 Å². The molecule has 0 radical (unpaired) electrons. The number of hydrogen-bond donors (Lipinski definition) is 1. The highest BCUT2D eigenvalue weighted by atomic mass is 19.1. The molecule has 1 aromatic heterocycles. The van der Waals surface area contributed by atoms with Crippen LogP contribution in [0.25, 0.3) is 11.4 Å². The lowest BCUT2D eigenvalue weighted by atomic mass is 10.1. The summed E-state index contributed by atoms with van der Waals surface area (Å²) in [5, 5.41) is 3.89. The van der Waals surface area contributed by atoms with E-state index in [4.69, 9.17) is 15.0 Å². The number of aromatic nitrogens is 2. The molecule has 0 spiro atoms. The van der Waals surface area contributed by atoms with Crippen molar-refractivity contribution in [2.45, 2.75) is 25.8 Å². The van der Waals surface area contributed by atoms with Gasteiger partial charge in [0.05, 0.1) is 6.04 Å². The van der Waals surface area contributed by atoms with E-state index < -0.39 is 0 Å². The first-order chi connectivity index (χ1) is 9.61. The monoisotopic (exact) mass is 279 g/mol. The van der Waals surface area contributed by atoms with Crippen LogP contribution in [-0.2, 0) is 4.74 Å². The van der Waals surface area contributed by atoms with Gasteiger partial charge in [0, 0.05) is 19.3 Å². The van der Waals surface area contributed by atoms with Gasteiger partial charge in [0.15, 0.2) is 0 Å². The first kappa shape index (κ1) is 14.6. The lowest BCUT2D eigenvalue weighted by Gasteiger charge is -2.05. The van der Waals surface area contributed by atoms with Gasteiger partial charge < -0.3 is 15.0 Å². The highest BCUT2D eigenvalue weighted by Crippen LogP contribution is 2.21. The predicted molar refractivity (Wildman–Crippen MR) is 72.5 cm³/mol.